The second kappa shape index (κ2) is 6.70. The molecule has 0 atom stereocenters. The molecule has 1 aromatic carbocycles. The molecule has 98 valence electrons. The van der Waals surface area contributed by atoms with Crippen LogP contribution in [-0.2, 0) is 11.2 Å². The highest BCUT2D eigenvalue weighted by Crippen LogP contribution is 2.11. The van der Waals surface area contributed by atoms with Gasteiger partial charge >= 0.3 is 0 Å². The van der Waals surface area contributed by atoms with E-state index in [2.05, 4.69) is 10.5 Å². The molecule has 5 heteroatoms. The molecule has 0 saturated heterocycles. The van der Waals surface area contributed by atoms with E-state index in [1.165, 1.54) is 0 Å². The van der Waals surface area contributed by atoms with Gasteiger partial charge in [0.1, 0.15) is 5.75 Å². The molecule has 0 saturated carbocycles. The van der Waals surface area contributed by atoms with Gasteiger partial charge in [-0.3, -0.25) is 4.79 Å². The number of nitrogens with zero attached hydrogens (tertiary/aromatic N) is 1. The third-order valence-corrected chi connectivity index (χ3v) is 3.17. The third kappa shape index (κ3) is 4.22. The van der Waals surface area contributed by atoms with E-state index in [0.29, 0.717) is 6.42 Å². The predicted octanol–water partition coefficient (Wildman–Crippen LogP) is 2.45. The van der Waals surface area contributed by atoms with Gasteiger partial charge in [-0.15, -0.1) is 0 Å². The third-order valence-electron chi connectivity index (χ3n) is 2.47. The van der Waals surface area contributed by atoms with E-state index in [-0.39, 0.29) is 5.91 Å². The number of hydrogen-bond acceptors (Lipinski definition) is 4. The Hall–Kier alpha value is -2.14. The average molecular weight is 274 g/mol. The molecular weight excluding hydrogens is 260 g/mol. The number of thiophene rings is 1. The zero-order valence-corrected chi connectivity index (χ0v) is 11.3. The summed E-state index contributed by atoms with van der Waals surface area (Å²) in [4.78, 5) is 11.6. The summed E-state index contributed by atoms with van der Waals surface area (Å²) in [7, 11) is 1.61. The van der Waals surface area contributed by atoms with Gasteiger partial charge in [-0.05, 0) is 34.5 Å². The fraction of sp³-hybridized carbons (Fsp3) is 0.143. The topological polar surface area (TPSA) is 50.7 Å². The van der Waals surface area contributed by atoms with E-state index in [4.69, 9.17) is 4.74 Å². The van der Waals surface area contributed by atoms with Crippen molar-refractivity contribution in [2.45, 2.75) is 6.42 Å². The van der Waals surface area contributed by atoms with Crippen LogP contribution in [0.4, 0.5) is 0 Å². The summed E-state index contributed by atoms with van der Waals surface area (Å²) in [5, 5.41) is 7.82. The Bertz CT molecular complexity index is 547. The molecule has 0 fully saturated rings. The molecule has 19 heavy (non-hydrogen) atoms. The molecule has 0 aliphatic carbocycles. The normalized spacial score (nSPS) is 10.6. The standard InChI is InChI=1S/C14H14N2O2S/c1-18-13-4-2-11(3-5-13)8-14(17)16-15-9-12-6-7-19-10-12/h2-7,9-10H,8H2,1H3,(H,16,17)/b15-9+. The first-order chi connectivity index (χ1) is 9.28. The van der Waals surface area contributed by atoms with Crippen LogP contribution in [-0.4, -0.2) is 19.2 Å². The average Bonchev–Trinajstić information content (AvgIpc) is 2.93. The van der Waals surface area contributed by atoms with Gasteiger partial charge in [-0.1, -0.05) is 12.1 Å². The Balaban J connectivity index is 1.83. The van der Waals surface area contributed by atoms with Gasteiger partial charge in [0.05, 0.1) is 19.7 Å². The number of benzene rings is 1. The van der Waals surface area contributed by atoms with Crippen molar-refractivity contribution in [2.75, 3.05) is 7.11 Å². The van der Waals surface area contributed by atoms with Gasteiger partial charge in [-0.2, -0.15) is 16.4 Å². The van der Waals surface area contributed by atoms with Crippen molar-refractivity contribution in [2.24, 2.45) is 5.10 Å². The van der Waals surface area contributed by atoms with Crippen LogP contribution < -0.4 is 10.2 Å². The van der Waals surface area contributed by atoms with Crippen molar-refractivity contribution < 1.29 is 9.53 Å². The zero-order chi connectivity index (χ0) is 13.5. The van der Waals surface area contributed by atoms with Gasteiger partial charge in [0.25, 0.3) is 0 Å². The lowest BCUT2D eigenvalue weighted by molar-refractivity contribution is -0.120. The summed E-state index contributed by atoms with van der Waals surface area (Å²) in [5.41, 5.74) is 4.40. The molecule has 0 aliphatic heterocycles. The minimum atomic E-state index is -0.142. The highest BCUT2D eigenvalue weighted by molar-refractivity contribution is 7.08. The first-order valence-corrected chi connectivity index (χ1v) is 6.69. The first-order valence-electron chi connectivity index (χ1n) is 5.75. The number of ether oxygens (including phenoxy) is 1. The first kappa shape index (κ1) is 13.3. The van der Waals surface area contributed by atoms with Crippen molar-refractivity contribution in [1.82, 2.24) is 5.43 Å². The van der Waals surface area contributed by atoms with Crippen molar-refractivity contribution in [3.8, 4) is 5.75 Å². The zero-order valence-electron chi connectivity index (χ0n) is 10.5. The van der Waals surface area contributed by atoms with E-state index in [1.807, 2.05) is 41.1 Å². The largest absolute Gasteiger partial charge is 0.497 e. The number of hydrazone groups is 1. The molecule has 4 nitrogen and oxygen atoms in total. The molecule has 1 aromatic heterocycles. The van der Waals surface area contributed by atoms with Crippen LogP contribution in [0.5, 0.6) is 5.75 Å². The molecule has 0 radical (unpaired) electrons. The van der Waals surface area contributed by atoms with Crippen molar-refractivity contribution in [1.29, 1.82) is 0 Å². The number of carbonyl (C=O) groups excluding carboxylic acids is 1. The quantitative estimate of drug-likeness (QED) is 0.672. The fourth-order valence-corrected chi connectivity index (χ4v) is 2.11. The van der Waals surface area contributed by atoms with Crippen LogP contribution in [0, 0.1) is 0 Å². The minimum Gasteiger partial charge on any atom is -0.497 e. The Morgan fingerprint density at radius 2 is 2.16 bits per heavy atom. The Kier molecular flexibility index (Phi) is 4.69. The predicted molar refractivity (Wildman–Crippen MR) is 76.8 cm³/mol. The van der Waals surface area contributed by atoms with E-state index < -0.39 is 0 Å². The molecule has 1 N–H and O–H groups in total. The summed E-state index contributed by atoms with van der Waals surface area (Å²) < 4.78 is 5.06. The number of amides is 1. The van der Waals surface area contributed by atoms with Gasteiger partial charge < -0.3 is 4.74 Å². The van der Waals surface area contributed by atoms with Crippen LogP contribution in [0.2, 0.25) is 0 Å². The maximum atomic E-state index is 11.6. The van der Waals surface area contributed by atoms with Crippen LogP contribution in [0.15, 0.2) is 46.2 Å². The van der Waals surface area contributed by atoms with E-state index in [1.54, 1.807) is 24.7 Å². The number of carbonyl (C=O) groups is 1. The maximum Gasteiger partial charge on any atom is 0.244 e. The summed E-state index contributed by atoms with van der Waals surface area (Å²) in [5.74, 6) is 0.635. The lowest BCUT2D eigenvalue weighted by atomic mass is 10.1. The molecule has 0 unspecified atom stereocenters. The molecule has 2 rings (SSSR count). The minimum absolute atomic E-state index is 0.142. The number of nitrogens with one attached hydrogen (secondary N) is 1. The Morgan fingerprint density at radius 1 is 1.37 bits per heavy atom. The Labute approximate surface area is 115 Å². The van der Waals surface area contributed by atoms with E-state index >= 15 is 0 Å². The van der Waals surface area contributed by atoms with Crippen LogP contribution in [0.25, 0.3) is 0 Å². The number of rotatable bonds is 5. The smallest absolute Gasteiger partial charge is 0.244 e. The summed E-state index contributed by atoms with van der Waals surface area (Å²) >= 11 is 1.59. The highest BCUT2D eigenvalue weighted by atomic mass is 32.1. The summed E-state index contributed by atoms with van der Waals surface area (Å²) in [6.45, 7) is 0. The lowest BCUT2D eigenvalue weighted by Gasteiger charge is -2.02. The van der Waals surface area contributed by atoms with Crippen molar-refractivity contribution in [3.63, 3.8) is 0 Å². The second-order valence-electron chi connectivity index (χ2n) is 3.87. The Morgan fingerprint density at radius 3 is 2.79 bits per heavy atom. The summed E-state index contributed by atoms with van der Waals surface area (Å²) in [6, 6.07) is 9.32. The van der Waals surface area contributed by atoms with Crippen molar-refractivity contribution >= 4 is 23.5 Å². The molecule has 1 amide bonds. The van der Waals surface area contributed by atoms with Crippen LogP contribution >= 0.6 is 11.3 Å². The lowest BCUT2D eigenvalue weighted by Crippen LogP contribution is -2.19. The fourth-order valence-electron chi connectivity index (χ4n) is 1.50. The van der Waals surface area contributed by atoms with Gasteiger partial charge in [0.15, 0.2) is 0 Å². The molecule has 0 aliphatic rings. The SMILES string of the molecule is COc1ccc(CC(=O)N/N=C/c2ccsc2)cc1. The monoisotopic (exact) mass is 274 g/mol. The maximum absolute atomic E-state index is 11.6. The number of hydrogen-bond donors (Lipinski definition) is 1. The van der Waals surface area contributed by atoms with Crippen LogP contribution in [0.1, 0.15) is 11.1 Å². The highest BCUT2D eigenvalue weighted by Gasteiger charge is 2.02. The van der Waals surface area contributed by atoms with Gasteiger partial charge in [-0.25, -0.2) is 5.43 Å². The van der Waals surface area contributed by atoms with Crippen LogP contribution in [0.3, 0.4) is 0 Å². The molecular formula is C14H14N2O2S. The summed E-state index contributed by atoms with van der Waals surface area (Å²) in [6.07, 6.45) is 1.92. The van der Waals surface area contributed by atoms with Gasteiger partial charge in [0.2, 0.25) is 5.91 Å². The second-order valence-corrected chi connectivity index (χ2v) is 4.65. The van der Waals surface area contributed by atoms with E-state index in [0.717, 1.165) is 16.9 Å². The van der Waals surface area contributed by atoms with Gasteiger partial charge in [0, 0.05) is 5.56 Å². The molecule has 0 spiro atoms. The molecule has 2 aromatic rings. The number of methoxy groups -OCH3 is 1. The molecule has 0 bridgehead atoms. The van der Waals surface area contributed by atoms with Crippen molar-refractivity contribution in [3.05, 3.63) is 52.2 Å². The van der Waals surface area contributed by atoms with E-state index in [9.17, 15) is 4.79 Å². The molecule has 1 heterocycles.